The maximum Gasteiger partial charge on any atom is 0.253 e. The number of nitrogens with zero attached hydrogens (tertiary/aromatic N) is 1. The Balaban J connectivity index is 1.37. The van der Waals surface area contributed by atoms with Gasteiger partial charge in [0.1, 0.15) is 12.4 Å². The molecule has 1 amide bonds. The van der Waals surface area contributed by atoms with E-state index in [9.17, 15) is 13.2 Å². The van der Waals surface area contributed by atoms with E-state index in [1.807, 2.05) is 54.6 Å². The summed E-state index contributed by atoms with van der Waals surface area (Å²) in [6.07, 6.45) is 1.69. The molecule has 0 saturated carbocycles. The molecule has 0 radical (unpaired) electrons. The van der Waals surface area contributed by atoms with Gasteiger partial charge in [0.05, 0.1) is 15.5 Å². The number of hydrogen-bond donors (Lipinski definition) is 1. The van der Waals surface area contributed by atoms with E-state index >= 15 is 0 Å². The summed E-state index contributed by atoms with van der Waals surface area (Å²) in [7, 11) is -3.63. The molecule has 0 bridgehead atoms. The van der Waals surface area contributed by atoms with E-state index in [1.54, 1.807) is 0 Å². The van der Waals surface area contributed by atoms with Gasteiger partial charge in [-0.25, -0.2) is 8.42 Å². The molecule has 0 atom stereocenters. The number of rotatable bonds is 8. The van der Waals surface area contributed by atoms with Gasteiger partial charge in [0.15, 0.2) is 0 Å². The molecule has 0 spiro atoms. The van der Waals surface area contributed by atoms with Gasteiger partial charge in [-0.05, 0) is 54.3 Å². The molecule has 1 aliphatic rings. The Morgan fingerprint density at radius 2 is 1.64 bits per heavy atom. The van der Waals surface area contributed by atoms with Gasteiger partial charge in [-0.3, -0.25) is 4.79 Å². The van der Waals surface area contributed by atoms with E-state index in [1.165, 1.54) is 22.5 Å². The number of amides is 1. The van der Waals surface area contributed by atoms with Crippen LogP contribution in [0.25, 0.3) is 0 Å². The van der Waals surface area contributed by atoms with Crippen LogP contribution in [0.2, 0.25) is 5.02 Å². The quantitative estimate of drug-likeness (QED) is 0.505. The maximum atomic E-state index is 12.8. The van der Waals surface area contributed by atoms with Crippen molar-refractivity contribution < 1.29 is 17.9 Å². The highest BCUT2D eigenvalue weighted by molar-refractivity contribution is 7.89. The Morgan fingerprint density at radius 1 is 0.939 bits per heavy atom. The summed E-state index contributed by atoms with van der Waals surface area (Å²) in [5, 5.41) is 3.02. The molecule has 1 saturated heterocycles. The molecule has 33 heavy (non-hydrogen) atoms. The lowest BCUT2D eigenvalue weighted by Crippen LogP contribution is -2.28. The summed E-state index contributed by atoms with van der Waals surface area (Å²) >= 11 is 6.20. The lowest BCUT2D eigenvalue weighted by Gasteiger charge is -2.16. The van der Waals surface area contributed by atoms with Crippen LogP contribution in [0, 0.1) is 0 Å². The van der Waals surface area contributed by atoms with Crippen LogP contribution < -0.4 is 10.1 Å². The molecule has 8 heteroatoms. The second-order valence-electron chi connectivity index (χ2n) is 7.85. The normalized spacial score (nSPS) is 14.2. The highest BCUT2D eigenvalue weighted by Crippen LogP contribution is 2.25. The third kappa shape index (κ3) is 5.74. The zero-order valence-corrected chi connectivity index (χ0v) is 19.6. The van der Waals surface area contributed by atoms with Crippen molar-refractivity contribution in [3.63, 3.8) is 0 Å². The Morgan fingerprint density at radius 3 is 2.33 bits per heavy atom. The van der Waals surface area contributed by atoms with Crippen LogP contribution in [0.5, 0.6) is 5.75 Å². The molecule has 3 aromatic rings. The number of sulfonamides is 1. The van der Waals surface area contributed by atoms with Crippen LogP contribution in [0.1, 0.15) is 34.3 Å². The average Bonchev–Trinajstić information content (AvgIpc) is 3.39. The summed E-state index contributed by atoms with van der Waals surface area (Å²) in [5.41, 5.74) is 2.10. The molecule has 1 N–H and O–H groups in total. The van der Waals surface area contributed by atoms with Crippen LogP contribution in [-0.4, -0.2) is 31.7 Å². The number of hydrogen-bond acceptors (Lipinski definition) is 4. The fourth-order valence-electron chi connectivity index (χ4n) is 3.64. The minimum atomic E-state index is -3.63. The monoisotopic (exact) mass is 484 g/mol. The van der Waals surface area contributed by atoms with Crippen LogP contribution in [0.4, 0.5) is 0 Å². The lowest BCUT2D eigenvalue weighted by atomic mass is 10.2. The first-order chi connectivity index (χ1) is 15.9. The number of carbonyl (C=O) groups excluding carboxylic acids is 1. The topological polar surface area (TPSA) is 75.7 Å². The molecular weight excluding hydrogens is 460 g/mol. The van der Waals surface area contributed by atoms with Gasteiger partial charge in [-0.2, -0.15) is 4.31 Å². The molecule has 6 nitrogen and oxygen atoms in total. The molecule has 1 aliphatic heterocycles. The number of carbonyl (C=O) groups is 1. The van der Waals surface area contributed by atoms with E-state index in [4.69, 9.17) is 16.3 Å². The predicted octanol–water partition coefficient (Wildman–Crippen LogP) is 4.63. The Bertz CT molecular complexity index is 1210. The van der Waals surface area contributed by atoms with Gasteiger partial charge >= 0.3 is 0 Å². The molecular formula is C25H25ClN2O4S. The third-order valence-corrected chi connectivity index (χ3v) is 7.73. The highest BCUT2D eigenvalue weighted by atomic mass is 35.5. The van der Waals surface area contributed by atoms with E-state index in [0.717, 1.165) is 29.7 Å². The smallest absolute Gasteiger partial charge is 0.253 e. The molecule has 4 rings (SSSR count). The number of halogens is 1. The standard InChI is InChI=1S/C25H25ClN2O4S/c26-24-13-12-22(33(30,31)28-14-4-5-15-28)16-23(24)25(29)27-17-19-8-10-21(11-9-19)32-18-20-6-2-1-3-7-20/h1-3,6-13,16H,4-5,14-15,17-18H2,(H,27,29). The minimum absolute atomic E-state index is 0.0823. The van der Waals surface area contributed by atoms with Crippen molar-refractivity contribution in [2.24, 2.45) is 0 Å². The zero-order valence-electron chi connectivity index (χ0n) is 18.0. The van der Waals surface area contributed by atoms with E-state index < -0.39 is 15.9 Å². The molecule has 0 aliphatic carbocycles. The summed E-state index contributed by atoms with van der Waals surface area (Å²) < 4.78 is 32.9. The molecule has 172 valence electrons. The second-order valence-corrected chi connectivity index (χ2v) is 10.2. The van der Waals surface area contributed by atoms with Gasteiger partial charge < -0.3 is 10.1 Å². The third-order valence-electron chi connectivity index (χ3n) is 5.51. The highest BCUT2D eigenvalue weighted by Gasteiger charge is 2.28. The molecule has 1 fully saturated rings. The van der Waals surface area contributed by atoms with Crippen LogP contribution >= 0.6 is 11.6 Å². The fourth-order valence-corrected chi connectivity index (χ4v) is 5.39. The summed E-state index contributed by atoms with van der Waals surface area (Å²) in [6, 6.07) is 21.6. The SMILES string of the molecule is O=C(NCc1ccc(OCc2ccccc2)cc1)c1cc(S(=O)(=O)N2CCCC2)ccc1Cl. The lowest BCUT2D eigenvalue weighted by molar-refractivity contribution is 0.0951. The average molecular weight is 485 g/mol. The van der Waals surface area contributed by atoms with Crippen LogP contribution in [0.3, 0.4) is 0 Å². The van der Waals surface area contributed by atoms with Crippen molar-refractivity contribution >= 4 is 27.5 Å². The van der Waals surface area contributed by atoms with Gasteiger partial charge in [0.25, 0.3) is 5.91 Å². The fraction of sp³-hybridized carbons (Fsp3) is 0.240. The predicted molar refractivity (Wildman–Crippen MR) is 128 cm³/mol. The van der Waals surface area contributed by atoms with Gasteiger partial charge in [0.2, 0.25) is 10.0 Å². The first kappa shape index (κ1) is 23.3. The zero-order chi connectivity index (χ0) is 23.3. The number of ether oxygens (including phenoxy) is 1. The number of nitrogens with one attached hydrogen (secondary N) is 1. The van der Waals surface area contributed by atoms with Gasteiger partial charge in [0, 0.05) is 19.6 Å². The maximum absolute atomic E-state index is 12.8. The summed E-state index contributed by atoms with van der Waals surface area (Å²) in [5.74, 6) is 0.305. The van der Waals surface area contributed by atoms with Crippen molar-refractivity contribution in [2.45, 2.75) is 30.9 Å². The summed E-state index contributed by atoms with van der Waals surface area (Å²) in [6.45, 7) is 1.75. The minimum Gasteiger partial charge on any atom is -0.489 e. The largest absolute Gasteiger partial charge is 0.489 e. The van der Waals surface area contributed by atoms with Crippen molar-refractivity contribution in [3.8, 4) is 5.75 Å². The number of benzene rings is 3. The molecule has 3 aromatic carbocycles. The Labute approximate surface area is 199 Å². The van der Waals surface area contributed by atoms with Crippen molar-refractivity contribution in [1.82, 2.24) is 9.62 Å². The van der Waals surface area contributed by atoms with Crippen molar-refractivity contribution in [2.75, 3.05) is 13.1 Å². The van der Waals surface area contributed by atoms with E-state index in [-0.39, 0.29) is 22.0 Å². The van der Waals surface area contributed by atoms with Crippen LogP contribution in [0.15, 0.2) is 77.7 Å². The second kappa shape index (κ2) is 10.4. The van der Waals surface area contributed by atoms with Crippen molar-refractivity contribution in [3.05, 3.63) is 94.5 Å². The first-order valence-corrected chi connectivity index (χ1v) is 12.6. The van der Waals surface area contributed by atoms with Gasteiger partial charge in [-0.15, -0.1) is 0 Å². The van der Waals surface area contributed by atoms with E-state index in [2.05, 4.69) is 5.32 Å². The summed E-state index contributed by atoms with van der Waals surface area (Å²) in [4.78, 5) is 12.8. The van der Waals surface area contributed by atoms with Crippen LogP contribution in [-0.2, 0) is 23.2 Å². The molecule has 0 aromatic heterocycles. The van der Waals surface area contributed by atoms with Gasteiger partial charge in [-0.1, -0.05) is 54.1 Å². The molecule has 0 unspecified atom stereocenters. The Kier molecular flexibility index (Phi) is 7.33. The first-order valence-electron chi connectivity index (χ1n) is 10.8. The van der Waals surface area contributed by atoms with Crippen molar-refractivity contribution in [1.29, 1.82) is 0 Å². The molecule has 1 heterocycles. The van der Waals surface area contributed by atoms with E-state index in [0.29, 0.717) is 19.7 Å². The Hall–Kier alpha value is -2.87.